The van der Waals surface area contributed by atoms with Gasteiger partial charge >= 0.3 is 5.97 Å². The molecule has 0 spiro atoms. The van der Waals surface area contributed by atoms with Crippen molar-refractivity contribution in [3.63, 3.8) is 0 Å². The van der Waals surface area contributed by atoms with Crippen LogP contribution in [0.25, 0.3) is 5.69 Å². The normalized spacial score (nSPS) is 10.4. The van der Waals surface area contributed by atoms with E-state index in [4.69, 9.17) is 5.11 Å². The van der Waals surface area contributed by atoms with E-state index in [0.29, 0.717) is 11.3 Å². The summed E-state index contributed by atoms with van der Waals surface area (Å²) in [7, 11) is 0. The minimum absolute atomic E-state index is 0.0639. The second kappa shape index (κ2) is 3.73. The van der Waals surface area contributed by atoms with E-state index in [2.05, 4.69) is 10.3 Å². The van der Waals surface area contributed by atoms with E-state index in [9.17, 15) is 9.18 Å². The highest BCUT2D eigenvalue weighted by Crippen LogP contribution is 2.14. The number of carboxylic acid groups (broad SMARTS) is 1. The quantitative estimate of drug-likeness (QED) is 0.832. The summed E-state index contributed by atoms with van der Waals surface area (Å²) in [5.74, 6) is -1.48. The molecule has 6 heteroatoms. The fraction of sp³-hybridized carbons (Fsp3) is 0.100. The molecule has 0 radical (unpaired) electrons. The van der Waals surface area contributed by atoms with E-state index in [1.54, 1.807) is 6.92 Å². The van der Waals surface area contributed by atoms with E-state index in [-0.39, 0.29) is 11.5 Å². The summed E-state index contributed by atoms with van der Waals surface area (Å²) in [5, 5.41) is 16.0. The topological polar surface area (TPSA) is 68.0 Å². The van der Waals surface area contributed by atoms with Crippen LogP contribution in [0.5, 0.6) is 0 Å². The zero-order chi connectivity index (χ0) is 11.7. The number of carbonyl (C=O) groups is 1. The van der Waals surface area contributed by atoms with Gasteiger partial charge in [-0.3, -0.25) is 0 Å². The van der Waals surface area contributed by atoms with Crippen molar-refractivity contribution < 1.29 is 14.3 Å². The number of carboxylic acids is 1. The highest BCUT2D eigenvalue weighted by atomic mass is 19.1. The van der Waals surface area contributed by atoms with Gasteiger partial charge in [0, 0.05) is 0 Å². The number of halogens is 1. The van der Waals surface area contributed by atoms with Gasteiger partial charge in [-0.05, 0) is 30.7 Å². The second-order valence-electron chi connectivity index (χ2n) is 3.27. The van der Waals surface area contributed by atoms with Crippen LogP contribution in [-0.2, 0) is 0 Å². The first-order chi connectivity index (χ1) is 7.59. The Bertz CT molecular complexity index is 551. The van der Waals surface area contributed by atoms with Crippen molar-refractivity contribution in [3.05, 3.63) is 41.5 Å². The third kappa shape index (κ3) is 1.65. The van der Waals surface area contributed by atoms with Gasteiger partial charge in [0.05, 0.1) is 11.9 Å². The summed E-state index contributed by atoms with van der Waals surface area (Å²) in [6.45, 7) is 1.59. The molecule has 2 aromatic rings. The molecule has 0 aliphatic carbocycles. The van der Waals surface area contributed by atoms with E-state index < -0.39 is 5.97 Å². The summed E-state index contributed by atoms with van der Waals surface area (Å²) in [6, 6.07) is 4.22. The molecule has 0 saturated carbocycles. The molecule has 1 N–H and O–H groups in total. The molecule has 0 aliphatic heterocycles. The Morgan fingerprint density at radius 1 is 1.50 bits per heavy atom. The number of aromatic carboxylic acids is 1. The Balaban J connectivity index is 2.54. The van der Waals surface area contributed by atoms with Crippen molar-refractivity contribution in [1.29, 1.82) is 0 Å². The van der Waals surface area contributed by atoms with Crippen LogP contribution in [0, 0.1) is 12.7 Å². The summed E-state index contributed by atoms with van der Waals surface area (Å²) in [6.07, 6.45) is 1.14. The minimum Gasteiger partial charge on any atom is -0.476 e. The van der Waals surface area contributed by atoms with Gasteiger partial charge in [0.2, 0.25) is 0 Å². The van der Waals surface area contributed by atoms with Gasteiger partial charge in [-0.2, -0.15) is 0 Å². The van der Waals surface area contributed by atoms with Crippen LogP contribution in [0.1, 0.15) is 16.1 Å². The molecule has 0 aliphatic rings. The first kappa shape index (κ1) is 10.3. The highest BCUT2D eigenvalue weighted by Gasteiger charge is 2.13. The maximum absolute atomic E-state index is 13.0. The van der Waals surface area contributed by atoms with Gasteiger partial charge in [0.15, 0.2) is 5.69 Å². The average Bonchev–Trinajstić information content (AvgIpc) is 2.71. The maximum atomic E-state index is 13.0. The number of aryl methyl sites for hydroxylation is 1. The Hall–Kier alpha value is -2.24. The molecule has 2 rings (SSSR count). The maximum Gasteiger partial charge on any atom is 0.356 e. The summed E-state index contributed by atoms with van der Waals surface area (Å²) < 4.78 is 14.2. The van der Waals surface area contributed by atoms with Crippen molar-refractivity contribution in [1.82, 2.24) is 15.0 Å². The van der Waals surface area contributed by atoms with Crippen LogP contribution in [-0.4, -0.2) is 26.1 Å². The average molecular weight is 221 g/mol. The van der Waals surface area contributed by atoms with Crippen molar-refractivity contribution >= 4 is 5.97 Å². The molecule has 16 heavy (non-hydrogen) atoms. The minimum atomic E-state index is -1.13. The fourth-order valence-corrected chi connectivity index (χ4v) is 1.33. The Kier molecular flexibility index (Phi) is 2.40. The molecule has 82 valence electrons. The van der Waals surface area contributed by atoms with E-state index >= 15 is 0 Å². The number of aromatic nitrogens is 3. The van der Waals surface area contributed by atoms with Gasteiger partial charge in [0.25, 0.3) is 0 Å². The van der Waals surface area contributed by atoms with Gasteiger partial charge in [-0.25, -0.2) is 13.9 Å². The largest absolute Gasteiger partial charge is 0.476 e. The van der Waals surface area contributed by atoms with Crippen LogP contribution in [0.3, 0.4) is 0 Å². The molecule has 5 nitrogen and oxygen atoms in total. The molecule has 0 fully saturated rings. The van der Waals surface area contributed by atoms with Gasteiger partial charge in [-0.15, -0.1) is 5.10 Å². The molecule has 1 aromatic carbocycles. The molecular weight excluding hydrogens is 213 g/mol. The molecule has 0 atom stereocenters. The van der Waals surface area contributed by atoms with Crippen LogP contribution < -0.4 is 0 Å². The Morgan fingerprint density at radius 3 is 2.88 bits per heavy atom. The third-order valence-corrected chi connectivity index (χ3v) is 2.15. The molecule has 0 bridgehead atoms. The monoisotopic (exact) mass is 221 g/mol. The van der Waals surface area contributed by atoms with Crippen LogP contribution >= 0.6 is 0 Å². The zero-order valence-corrected chi connectivity index (χ0v) is 8.38. The second-order valence-corrected chi connectivity index (χ2v) is 3.27. The number of hydrogen-bond acceptors (Lipinski definition) is 3. The van der Waals surface area contributed by atoms with Crippen molar-refractivity contribution in [3.8, 4) is 5.69 Å². The lowest BCUT2D eigenvalue weighted by atomic mass is 10.2. The lowest BCUT2D eigenvalue weighted by Crippen LogP contribution is -2.08. The number of nitrogens with zero attached hydrogens (tertiary/aromatic N) is 3. The first-order valence-electron chi connectivity index (χ1n) is 4.50. The van der Waals surface area contributed by atoms with E-state index in [0.717, 1.165) is 10.9 Å². The van der Waals surface area contributed by atoms with Gasteiger partial charge in [-0.1, -0.05) is 5.21 Å². The Morgan fingerprint density at radius 2 is 2.25 bits per heavy atom. The standard InChI is InChI=1S/C10H8FN3O2/c1-6-4-7(2-3-8(6)11)14-9(10(15)16)5-12-13-14/h2-5H,1H3,(H,15,16). The Labute approximate surface area is 90.1 Å². The van der Waals surface area contributed by atoms with E-state index in [1.807, 2.05) is 0 Å². The predicted molar refractivity (Wildman–Crippen MR) is 53.0 cm³/mol. The van der Waals surface area contributed by atoms with Crippen molar-refractivity contribution in [2.45, 2.75) is 6.92 Å². The number of hydrogen-bond donors (Lipinski definition) is 1. The third-order valence-electron chi connectivity index (χ3n) is 2.15. The molecule has 0 saturated heterocycles. The zero-order valence-electron chi connectivity index (χ0n) is 8.38. The van der Waals surface area contributed by atoms with E-state index in [1.165, 1.54) is 18.2 Å². The highest BCUT2D eigenvalue weighted by molar-refractivity contribution is 5.85. The first-order valence-corrected chi connectivity index (χ1v) is 4.50. The molecule has 0 unspecified atom stereocenters. The molecule has 1 heterocycles. The summed E-state index contributed by atoms with van der Waals surface area (Å²) in [4.78, 5) is 10.8. The molecule has 0 amide bonds. The SMILES string of the molecule is Cc1cc(-n2nncc2C(=O)O)ccc1F. The number of rotatable bonds is 2. The summed E-state index contributed by atoms with van der Waals surface area (Å²) >= 11 is 0. The van der Waals surface area contributed by atoms with Crippen LogP contribution in [0.4, 0.5) is 4.39 Å². The molecule has 1 aromatic heterocycles. The van der Waals surface area contributed by atoms with Crippen LogP contribution in [0.15, 0.2) is 24.4 Å². The lowest BCUT2D eigenvalue weighted by molar-refractivity contribution is 0.0687. The number of benzene rings is 1. The van der Waals surface area contributed by atoms with Gasteiger partial charge in [0.1, 0.15) is 5.82 Å². The fourth-order valence-electron chi connectivity index (χ4n) is 1.33. The van der Waals surface area contributed by atoms with Gasteiger partial charge < -0.3 is 5.11 Å². The smallest absolute Gasteiger partial charge is 0.356 e. The van der Waals surface area contributed by atoms with Crippen molar-refractivity contribution in [2.24, 2.45) is 0 Å². The van der Waals surface area contributed by atoms with Crippen molar-refractivity contribution in [2.75, 3.05) is 0 Å². The summed E-state index contributed by atoms with van der Waals surface area (Å²) in [5.41, 5.74) is 0.823. The predicted octanol–water partition coefficient (Wildman–Crippen LogP) is 1.41. The lowest BCUT2D eigenvalue weighted by Gasteiger charge is -2.04. The molecular formula is C10H8FN3O2. The van der Waals surface area contributed by atoms with Crippen LogP contribution in [0.2, 0.25) is 0 Å².